The van der Waals surface area contributed by atoms with E-state index < -0.39 is 6.04 Å². The van der Waals surface area contributed by atoms with Crippen molar-refractivity contribution >= 4 is 17.7 Å². The Morgan fingerprint density at radius 2 is 1.87 bits per heavy atom. The van der Waals surface area contributed by atoms with Gasteiger partial charge in [0.05, 0.1) is 6.04 Å². The Balaban J connectivity index is 1.49. The van der Waals surface area contributed by atoms with Gasteiger partial charge in [0.2, 0.25) is 17.7 Å². The number of carbonyl (C=O) groups excluding carboxylic acids is 3. The summed E-state index contributed by atoms with van der Waals surface area (Å²) in [5, 5.41) is 3.32. The van der Waals surface area contributed by atoms with Crippen LogP contribution < -0.4 is 5.32 Å². The average molecular weight is 427 g/mol. The van der Waals surface area contributed by atoms with Crippen molar-refractivity contribution in [1.82, 2.24) is 20.0 Å². The molecule has 168 valence electrons. The van der Waals surface area contributed by atoms with Crippen molar-refractivity contribution in [3.63, 3.8) is 0 Å². The molecule has 0 spiro atoms. The molecule has 3 fully saturated rings. The summed E-state index contributed by atoms with van der Waals surface area (Å²) in [7, 11) is 0. The number of carbonyl (C=O) groups is 3. The predicted octanol–water partition coefficient (Wildman–Crippen LogP) is 1.28. The van der Waals surface area contributed by atoms with Crippen LogP contribution in [0.15, 0.2) is 30.3 Å². The Morgan fingerprint density at radius 1 is 1.10 bits per heavy atom. The minimum atomic E-state index is -0.466. The van der Waals surface area contributed by atoms with Gasteiger partial charge in [-0.05, 0) is 44.2 Å². The lowest BCUT2D eigenvalue weighted by Crippen LogP contribution is -2.48. The highest BCUT2D eigenvalue weighted by Gasteiger charge is 2.45. The second kappa shape index (κ2) is 9.81. The summed E-state index contributed by atoms with van der Waals surface area (Å²) < 4.78 is 0. The molecule has 3 amide bonds. The molecular weight excluding hydrogens is 392 g/mol. The van der Waals surface area contributed by atoms with E-state index in [1.165, 1.54) is 12.5 Å². The van der Waals surface area contributed by atoms with E-state index in [0.717, 1.165) is 45.3 Å². The van der Waals surface area contributed by atoms with Crippen LogP contribution in [0.1, 0.15) is 38.2 Å². The van der Waals surface area contributed by atoms with E-state index in [1.807, 2.05) is 28.0 Å². The molecule has 1 aliphatic carbocycles. The second-order valence-electron chi connectivity index (χ2n) is 9.05. The summed E-state index contributed by atoms with van der Waals surface area (Å²) >= 11 is 0. The van der Waals surface area contributed by atoms with E-state index in [0.29, 0.717) is 26.1 Å². The van der Waals surface area contributed by atoms with Crippen LogP contribution in [0, 0.1) is 5.92 Å². The summed E-state index contributed by atoms with van der Waals surface area (Å²) in [6.45, 7) is 5.70. The third-order valence-corrected chi connectivity index (χ3v) is 6.75. The fraction of sp³-hybridized carbons (Fsp3) is 0.625. The van der Waals surface area contributed by atoms with E-state index in [-0.39, 0.29) is 29.7 Å². The molecule has 1 aromatic rings. The maximum atomic E-state index is 13.3. The molecular formula is C24H34N4O3. The Hall–Kier alpha value is -2.41. The highest BCUT2D eigenvalue weighted by atomic mass is 16.2. The number of hydrogen-bond acceptors (Lipinski definition) is 4. The van der Waals surface area contributed by atoms with Gasteiger partial charge in [0.1, 0.15) is 6.04 Å². The molecule has 4 rings (SSSR count). The lowest BCUT2D eigenvalue weighted by molar-refractivity contribution is -0.142. The summed E-state index contributed by atoms with van der Waals surface area (Å²) in [5.41, 5.74) is 1.20. The van der Waals surface area contributed by atoms with Crippen molar-refractivity contribution in [3.05, 3.63) is 35.9 Å². The molecule has 2 saturated heterocycles. The Bertz CT molecular complexity index is 787. The first-order valence-corrected chi connectivity index (χ1v) is 11.7. The van der Waals surface area contributed by atoms with Crippen LogP contribution in [0.3, 0.4) is 0 Å². The van der Waals surface area contributed by atoms with E-state index >= 15 is 0 Å². The van der Waals surface area contributed by atoms with E-state index in [4.69, 9.17) is 0 Å². The molecule has 7 heteroatoms. The minimum Gasteiger partial charge on any atom is -0.340 e. The summed E-state index contributed by atoms with van der Waals surface area (Å²) in [4.78, 5) is 44.4. The van der Waals surface area contributed by atoms with Gasteiger partial charge in [-0.15, -0.1) is 0 Å². The standard InChI is InChI=1S/C24H34N4O3/c1-18(29)28-17-21(16-22(28)24(31)26-13-5-11-25-12-15-26)27(23(30)20-8-9-20)14-10-19-6-3-2-4-7-19/h2-4,6-7,20-22,25H,5,8-17H2,1H3. The molecule has 0 bridgehead atoms. The lowest BCUT2D eigenvalue weighted by atomic mass is 10.1. The van der Waals surface area contributed by atoms with Crippen molar-refractivity contribution in [1.29, 1.82) is 0 Å². The van der Waals surface area contributed by atoms with Crippen LogP contribution in [0.2, 0.25) is 0 Å². The van der Waals surface area contributed by atoms with Crippen LogP contribution in [-0.2, 0) is 20.8 Å². The summed E-state index contributed by atoms with van der Waals surface area (Å²) in [6, 6.07) is 9.62. The highest BCUT2D eigenvalue weighted by Crippen LogP contribution is 2.34. The van der Waals surface area contributed by atoms with Gasteiger partial charge < -0.3 is 20.0 Å². The fourth-order valence-corrected chi connectivity index (χ4v) is 4.83. The Kier molecular flexibility index (Phi) is 6.90. The zero-order chi connectivity index (χ0) is 21.8. The number of likely N-dealkylation sites (tertiary alicyclic amines) is 1. The predicted molar refractivity (Wildman–Crippen MR) is 118 cm³/mol. The molecule has 0 radical (unpaired) electrons. The molecule has 1 saturated carbocycles. The molecule has 3 aliphatic rings. The second-order valence-corrected chi connectivity index (χ2v) is 9.05. The highest BCUT2D eigenvalue weighted by molar-refractivity contribution is 5.88. The maximum Gasteiger partial charge on any atom is 0.245 e. The van der Waals surface area contributed by atoms with Crippen LogP contribution in [0.4, 0.5) is 0 Å². The van der Waals surface area contributed by atoms with Gasteiger partial charge in [0, 0.05) is 45.6 Å². The molecule has 2 atom stereocenters. The smallest absolute Gasteiger partial charge is 0.245 e. The first-order valence-electron chi connectivity index (χ1n) is 11.7. The van der Waals surface area contributed by atoms with Crippen LogP contribution in [-0.4, -0.2) is 83.8 Å². The third-order valence-electron chi connectivity index (χ3n) is 6.75. The maximum absolute atomic E-state index is 13.3. The number of amides is 3. The normalized spacial score (nSPS) is 24.0. The van der Waals surface area contributed by atoms with Crippen molar-refractivity contribution in [2.45, 2.75) is 51.1 Å². The molecule has 2 heterocycles. The first-order chi connectivity index (χ1) is 15.0. The summed E-state index contributed by atoms with van der Waals surface area (Å²) in [6.07, 6.45) is 4.15. The number of nitrogens with one attached hydrogen (secondary N) is 1. The van der Waals surface area contributed by atoms with Gasteiger partial charge in [-0.2, -0.15) is 0 Å². The molecule has 1 N–H and O–H groups in total. The quantitative estimate of drug-likeness (QED) is 0.744. The van der Waals surface area contributed by atoms with Gasteiger partial charge in [-0.3, -0.25) is 14.4 Å². The van der Waals surface area contributed by atoms with Gasteiger partial charge in [0.25, 0.3) is 0 Å². The molecule has 2 unspecified atom stereocenters. The SMILES string of the molecule is CC(=O)N1CC(N(CCc2ccccc2)C(=O)C2CC2)CC1C(=O)N1CCCNCC1. The van der Waals surface area contributed by atoms with E-state index in [9.17, 15) is 14.4 Å². The van der Waals surface area contributed by atoms with Gasteiger partial charge >= 0.3 is 0 Å². The van der Waals surface area contributed by atoms with Crippen LogP contribution in [0.5, 0.6) is 0 Å². The topological polar surface area (TPSA) is 73.0 Å². The number of benzene rings is 1. The lowest BCUT2D eigenvalue weighted by Gasteiger charge is -2.29. The average Bonchev–Trinajstić information content (AvgIpc) is 3.58. The van der Waals surface area contributed by atoms with Crippen molar-refractivity contribution in [2.24, 2.45) is 5.92 Å². The monoisotopic (exact) mass is 426 g/mol. The Morgan fingerprint density at radius 3 is 2.58 bits per heavy atom. The first kappa shape index (κ1) is 21.8. The molecule has 31 heavy (non-hydrogen) atoms. The van der Waals surface area contributed by atoms with Gasteiger partial charge in [-0.25, -0.2) is 0 Å². The number of rotatable bonds is 6. The summed E-state index contributed by atoms with van der Waals surface area (Å²) in [5.74, 6) is 0.253. The van der Waals surface area contributed by atoms with Gasteiger partial charge in [-0.1, -0.05) is 30.3 Å². The Labute approximate surface area is 184 Å². The van der Waals surface area contributed by atoms with Crippen molar-refractivity contribution in [3.8, 4) is 0 Å². The zero-order valence-corrected chi connectivity index (χ0v) is 18.5. The van der Waals surface area contributed by atoms with Crippen LogP contribution in [0.25, 0.3) is 0 Å². The van der Waals surface area contributed by atoms with Crippen molar-refractivity contribution in [2.75, 3.05) is 39.3 Å². The largest absolute Gasteiger partial charge is 0.340 e. The number of nitrogens with zero attached hydrogens (tertiary/aromatic N) is 3. The third kappa shape index (κ3) is 5.26. The number of hydrogen-bond donors (Lipinski definition) is 1. The minimum absolute atomic E-state index is 0.0308. The van der Waals surface area contributed by atoms with E-state index in [1.54, 1.807) is 4.90 Å². The van der Waals surface area contributed by atoms with Crippen LogP contribution >= 0.6 is 0 Å². The molecule has 0 aromatic heterocycles. The van der Waals surface area contributed by atoms with Gasteiger partial charge in [0.15, 0.2) is 0 Å². The molecule has 7 nitrogen and oxygen atoms in total. The van der Waals surface area contributed by atoms with E-state index in [2.05, 4.69) is 17.4 Å². The molecule has 1 aromatic carbocycles. The fourth-order valence-electron chi connectivity index (χ4n) is 4.83. The zero-order valence-electron chi connectivity index (χ0n) is 18.5. The molecule has 2 aliphatic heterocycles. The van der Waals surface area contributed by atoms with Crippen molar-refractivity contribution < 1.29 is 14.4 Å².